The van der Waals surface area contributed by atoms with Gasteiger partial charge >= 0.3 is 0 Å². The number of nitro benzene ring substituents is 1. The Bertz CT molecular complexity index is 1210. The van der Waals surface area contributed by atoms with E-state index in [1.807, 2.05) is 48.5 Å². The zero-order chi connectivity index (χ0) is 23.2. The number of nitrogens with zero attached hydrogens (tertiary/aromatic N) is 2. The van der Waals surface area contributed by atoms with Gasteiger partial charge in [0.15, 0.2) is 0 Å². The van der Waals surface area contributed by atoms with E-state index in [0.717, 1.165) is 22.9 Å². The minimum atomic E-state index is -0.452. The van der Waals surface area contributed by atoms with Crippen LogP contribution >= 0.6 is 11.8 Å². The van der Waals surface area contributed by atoms with Gasteiger partial charge in [-0.05, 0) is 53.6 Å². The van der Waals surface area contributed by atoms with Crippen LogP contribution in [0.2, 0.25) is 0 Å². The number of nitro groups is 1. The third-order valence-electron chi connectivity index (χ3n) is 5.09. The molecule has 2 amide bonds. The van der Waals surface area contributed by atoms with Crippen molar-refractivity contribution < 1.29 is 19.2 Å². The van der Waals surface area contributed by atoms with Crippen LogP contribution < -0.4 is 4.74 Å². The summed E-state index contributed by atoms with van der Waals surface area (Å²) < 4.78 is 5.89. The van der Waals surface area contributed by atoms with Gasteiger partial charge in [0, 0.05) is 24.2 Å². The lowest BCUT2D eigenvalue weighted by Gasteiger charge is -2.12. The molecule has 1 heterocycles. The standard InChI is InChI=1S/C25H20N2O5S/c28-24-23(33-25(29)26(24)15-14-18-6-2-1-3-7-18)16-20-8-4-5-9-22(20)32-17-19-10-12-21(13-11-19)27(30)31/h1-13,16H,14-15,17H2/b23-16-. The summed E-state index contributed by atoms with van der Waals surface area (Å²) in [5.74, 6) is 0.234. The Hall–Kier alpha value is -3.91. The molecule has 3 aromatic rings. The van der Waals surface area contributed by atoms with E-state index < -0.39 is 4.92 Å². The van der Waals surface area contributed by atoms with Crippen LogP contribution in [0, 0.1) is 10.1 Å². The fraction of sp³-hybridized carbons (Fsp3) is 0.120. The van der Waals surface area contributed by atoms with Crippen LogP contribution in [-0.4, -0.2) is 27.5 Å². The molecule has 0 radical (unpaired) electrons. The van der Waals surface area contributed by atoms with Gasteiger partial charge in [0.25, 0.3) is 16.8 Å². The lowest BCUT2D eigenvalue weighted by atomic mass is 10.1. The molecule has 0 bridgehead atoms. The van der Waals surface area contributed by atoms with Gasteiger partial charge in [0.05, 0.1) is 9.83 Å². The van der Waals surface area contributed by atoms with Crippen molar-refractivity contribution in [3.8, 4) is 5.75 Å². The van der Waals surface area contributed by atoms with Crippen molar-refractivity contribution in [2.45, 2.75) is 13.0 Å². The molecule has 0 saturated carbocycles. The van der Waals surface area contributed by atoms with Gasteiger partial charge in [0.1, 0.15) is 12.4 Å². The maximum Gasteiger partial charge on any atom is 0.293 e. The predicted octanol–water partition coefficient (Wildman–Crippen LogP) is 5.45. The number of non-ortho nitro benzene ring substituents is 1. The highest BCUT2D eigenvalue weighted by Crippen LogP contribution is 2.34. The van der Waals surface area contributed by atoms with Crippen LogP contribution in [0.25, 0.3) is 6.08 Å². The van der Waals surface area contributed by atoms with E-state index in [2.05, 4.69) is 0 Å². The van der Waals surface area contributed by atoms with Crippen LogP contribution in [-0.2, 0) is 17.8 Å². The summed E-state index contributed by atoms with van der Waals surface area (Å²) in [5.41, 5.74) is 2.53. The molecule has 1 fully saturated rings. The number of rotatable bonds is 8. The first-order chi connectivity index (χ1) is 16.0. The van der Waals surface area contributed by atoms with Crippen molar-refractivity contribution in [2.24, 2.45) is 0 Å². The average molecular weight is 461 g/mol. The van der Waals surface area contributed by atoms with Crippen molar-refractivity contribution >= 4 is 34.7 Å². The van der Waals surface area contributed by atoms with E-state index in [0.29, 0.717) is 29.2 Å². The molecule has 33 heavy (non-hydrogen) atoms. The minimum absolute atomic E-state index is 0.0159. The van der Waals surface area contributed by atoms with E-state index in [9.17, 15) is 19.7 Å². The van der Waals surface area contributed by atoms with Gasteiger partial charge in [0.2, 0.25) is 0 Å². The van der Waals surface area contributed by atoms with Crippen molar-refractivity contribution in [1.29, 1.82) is 0 Å². The molecule has 0 N–H and O–H groups in total. The smallest absolute Gasteiger partial charge is 0.293 e. The molecule has 0 spiro atoms. The second-order valence-corrected chi connectivity index (χ2v) is 8.31. The molecule has 7 nitrogen and oxygen atoms in total. The van der Waals surface area contributed by atoms with E-state index in [1.54, 1.807) is 24.3 Å². The van der Waals surface area contributed by atoms with Gasteiger partial charge in [-0.15, -0.1) is 0 Å². The monoisotopic (exact) mass is 460 g/mol. The highest BCUT2D eigenvalue weighted by molar-refractivity contribution is 8.18. The summed E-state index contributed by atoms with van der Waals surface area (Å²) in [5, 5.41) is 10.5. The number of imide groups is 1. The van der Waals surface area contributed by atoms with Gasteiger partial charge in [-0.2, -0.15) is 0 Å². The zero-order valence-corrected chi connectivity index (χ0v) is 18.4. The van der Waals surface area contributed by atoms with Crippen LogP contribution in [0.3, 0.4) is 0 Å². The fourth-order valence-corrected chi connectivity index (χ4v) is 4.18. The third-order valence-corrected chi connectivity index (χ3v) is 5.99. The Labute approximate surface area is 194 Å². The number of benzene rings is 3. The minimum Gasteiger partial charge on any atom is -0.488 e. The molecule has 1 aliphatic rings. The van der Waals surface area contributed by atoms with E-state index >= 15 is 0 Å². The first kappa shape index (κ1) is 22.3. The molecule has 0 unspecified atom stereocenters. The van der Waals surface area contributed by atoms with Crippen LogP contribution in [0.1, 0.15) is 16.7 Å². The molecule has 4 rings (SSSR count). The van der Waals surface area contributed by atoms with Crippen molar-refractivity contribution in [3.05, 3.63) is 111 Å². The molecule has 3 aromatic carbocycles. The SMILES string of the molecule is O=C1S/C(=C\c2ccccc2OCc2ccc([N+](=O)[O-])cc2)C(=O)N1CCc1ccccc1. The molecule has 166 valence electrons. The Balaban J connectivity index is 1.45. The fourth-order valence-electron chi connectivity index (χ4n) is 3.33. The van der Waals surface area contributed by atoms with Crippen LogP contribution in [0.15, 0.2) is 83.8 Å². The Kier molecular flexibility index (Phi) is 6.85. The van der Waals surface area contributed by atoms with E-state index in [-0.39, 0.29) is 23.4 Å². The van der Waals surface area contributed by atoms with E-state index in [4.69, 9.17) is 4.74 Å². The lowest BCUT2D eigenvalue weighted by molar-refractivity contribution is -0.384. The summed E-state index contributed by atoms with van der Waals surface area (Å²) >= 11 is 0.918. The molecule has 1 saturated heterocycles. The number of thioether (sulfide) groups is 1. The van der Waals surface area contributed by atoms with E-state index in [1.165, 1.54) is 17.0 Å². The molecule has 1 aliphatic heterocycles. The largest absolute Gasteiger partial charge is 0.488 e. The Morgan fingerprint density at radius 3 is 2.33 bits per heavy atom. The summed E-state index contributed by atoms with van der Waals surface area (Å²) in [7, 11) is 0. The van der Waals surface area contributed by atoms with Crippen molar-refractivity contribution in [3.63, 3.8) is 0 Å². The second-order valence-electron chi connectivity index (χ2n) is 7.32. The quantitative estimate of drug-likeness (QED) is 0.252. The number of carbonyl (C=O) groups excluding carboxylic acids is 2. The van der Waals surface area contributed by atoms with Crippen molar-refractivity contribution in [1.82, 2.24) is 4.90 Å². The molecular weight excluding hydrogens is 440 g/mol. The number of ether oxygens (including phenoxy) is 1. The van der Waals surface area contributed by atoms with Crippen LogP contribution in [0.5, 0.6) is 5.75 Å². The molecule has 0 aliphatic carbocycles. The number of hydrogen-bond donors (Lipinski definition) is 0. The molecule has 8 heteroatoms. The number of para-hydroxylation sites is 1. The predicted molar refractivity (Wildman–Crippen MR) is 127 cm³/mol. The summed E-state index contributed by atoms with van der Waals surface area (Å²) in [6.45, 7) is 0.533. The number of amides is 2. The van der Waals surface area contributed by atoms with Gasteiger partial charge in [-0.1, -0.05) is 48.5 Å². The lowest BCUT2D eigenvalue weighted by Crippen LogP contribution is -2.30. The normalized spacial score (nSPS) is 14.7. The maximum atomic E-state index is 12.8. The number of hydrogen-bond acceptors (Lipinski definition) is 6. The van der Waals surface area contributed by atoms with Crippen molar-refractivity contribution in [2.75, 3.05) is 6.54 Å². The first-order valence-corrected chi connectivity index (χ1v) is 11.1. The summed E-state index contributed by atoms with van der Waals surface area (Å²) in [4.78, 5) is 37.2. The Morgan fingerprint density at radius 2 is 1.61 bits per heavy atom. The summed E-state index contributed by atoms with van der Waals surface area (Å²) in [6.07, 6.45) is 2.26. The van der Waals surface area contributed by atoms with Crippen LogP contribution in [0.4, 0.5) is 10.5 Å². The Morgan fingerprint density at radius 1 is 0.909 bits per heavy atom. The number of carbonyl (C=O) groups is 2. The first-order valence-electron chi connectivity index (χ1n) is 10.3. The zero-order valence-electron chi connectivity index (χ0n) is 17.5. The molecular formula is C25H20N2O5S. The average Bonchev–Trinajstić information content (AvgIpc) is 3.10. The second kappa shape index (κ2) is 10.1. The highest BCUT2D eigenvalue weighted by Gasteiger charge is 2.34. The maximum absolute atomic E-state index is 12.8. The summed E-state index contributed by atoms with van der Waals surface area (Å²) in [6, 6.07) is 23.1. The highest BCUT2D eigenvalue weighted by atomic mass is 32.2. The molecule has 0 atom stereocenters. The topological polar surface area (TPSA) is 89.7 Å². The van der Waals surface area contributed by atoms with Gasteiger partial charge in [-0.3, -0.25) is 24.6 Å². The third kappa shape index (κ3) is 5.48. The molecule has 0 aromatic heterocycles. The van der Waals surface area contributed by atoms with Gasteiger partial charge in [-0.25, -0.2) is 0 Å². The van der Waals surface area contributed by atoms with Gasteiger partial charge < -0.3 is 4.74 Å².